The second-order valence-corrected chi connectivity index (χ2v) is 11.0. The third kappa shape index (κ3) is 4.61. The molecule has 3 N–H and O–H groups in total. The van der Waals surface area contributed by atoms with Gasteiger partial charge in [0.25, 0.3) is 0 Å². The number of pyridine rings is 3. The molecule has 6 aromatic heterocycles. The number of H-pyrrole nitrogens is 2. The Kier molecular flexibility index (Phi) is 5.57. The Morgan fingerprint density at radius 3 is 2.73 bits per heavy atom. The zero-order valence-corrected chi connectivity index (χ0v) is 21.5. The van der Waals surface area contributed by atoms with E-state index in [-0.39, 0.29) is 11.3 Å². The van der Waals surface area contributed by atoms with E-state index < -0.39 is 0 Å². The van der Waals surface area contributed by atoms with Crippen LogP contribution in [0.25, 0.3) is 55.7 Å². The van der Waals surface area contributed by atoms with Crippen molar-refractivity contribution in [2.75, 3.05) is 5.32 Å². The molecule has 0 aliphatic rings. The number of nitrogens with one attached hydrogen (secondary N) is 3. The summed E-state index contributed by atoms with van der Waals surface area (Å²) in [6.45, 7) is 6.11. The maximum Gasteiger partial charge on any atom is 0.224 e. The van der Waals surface area contributed by atoms with E-state index in [4.69, 9.17) is 0 Å². The Balaban J connectivity index is 1.36. The van der Waals surface area contributed by atoms with Crippen LogP contribution in [0.4, 0.5) is 5.69 Å². The van der Waals surface area contributed by atoms with Crippen LogP contribution < -0.4 is 5.32 Å². The van der Waals surface area contributed by atoms with Gasteiger partial charge >= 0.3 is 0 Å². The third-order valence-corrected chi connectivity index (χ3v) is 6.76. The molecule has 0 aromatic carbocycles. The zero-order chi connectivity index (χ0) is 25.6. The molecule has 37 heavy (non-hydrogen) atoms. The van der Waals surface area contributed by atoms with Crippen LogP contribution in [-0.2, 0) is 4.79 Å². The van der Waals surface area contributed by atoms with E-state index in [1.165, 1.54) is 5.56 Å². The van der Waals surface area contributed by atoms with Crippen molar-refractivity contribution in [1.29, 1.82) is 0 Å². The SMILES string of the molecule is CC(C)(C)CC(=O)Nc1cncc(-c2cc3c(-c4cc5c(-c6ccsc6)ccnc5[nH]4)n[nH]c3cn2)c1. The quantitative estimate of drug-likeness (QED) is 0.241. The molecule has 0 atom stereocenters. The molecular weight excluding hydrogens is 482 g/mol. The Morgan fingerprint density at radius 2 is 1.92 bits per heavy atom. The van der Waals surface area contributed by atoms with Crippen molar-refractivity contribution in [1.82, 2.24) is 30.1 Å². The average Bonchev–Trinajstić information content (AvgIpc) is 3.61. The average molecular weight is 508 g/mol. The fourth-order valence-corrected chi connectivity index (χ4v) is 5.09. The second kappa shape index (κ2) is 8.94. The number of hydrogen-bond donors (Lipinski definition) is 3. The molecule has 9 heteroatoms. The zero-order valence-electron chi connectivity index (χ0n) is 20.7. The van der Waals surface area contributed by atoms with Gasteiger partial charge in [0.1, 0.15) is 11.3 Å². The van der Waals surface area contributed by atoms with Crippen LogP contribution in [0.5, 0.6) is 0 Å². The third-order valence-electron chi connectivity index (χ3n) is 6.08. The van der Waals surface area contributed by atoms with Crippen LogP contribution >= 0.6 is 11.3 Å². The number of thiophene rings is 1. The molecule has 0 spiro atoms. The lowest BCUT2D eigenvalue weighted by Gasteiger charge is -2.17. The van der Waals surface area contributed by atoms with Gasteiger partial charge in [-0.2, -0.15) is 16.4 Å². The molecule has 0 bridgehead atoms. The molecule has 184 valence electrons. The summed E-state index contributed by atoms with van der Waals surface area (Å²) in [5.74, 6) is -0.0405. The molecule has 0 saturated carbocycles. The van der Waals surface area contributed by atoms with Gasteiger partial charge in [0.05, 0.1) is 35.0 Å². The molecule has 1 amide bonds. The van der Waals surface area contributed by atoms with Gasteiger partial charge < -0.3 is 10.3 Å². The summed E-state index contributed by atoms with van der Waals surface area (Å²) in [4.78, 5) is 29.3. The fraction of sp³-hybridized carbons (Fsp3) is 0.179. The molecule has 0 aliphatic carbocycles. The van der Waals surface area contributed by atoms with E-state index in [0.717, 1.165) is 50.1 Å². The smallest absolute Gasteiger partial charge is 0.224 e. The summed E-state index contributed by atoms with van der Waals surface area (Å²) >= 11 is 1.67. The number of anilines is 1. The number of carbonyl (C=O) groups excluding carboxylic acids is 1. The largest absolute Gasteiger partial charge is 0.338 e. The molecule has 0 fully saturated rings. The van der Waals surface area contributed by atoms with Gasteiger partial charge in [0.2, 0.25) is 5.91 Å². The van der Waals surface area contributed by atoms with Gasteiger partial charge in [0, 0.05) is 35.2 Å². The molecular formula is C28H25N7OS. The lowest BCUT2D eigenvalue weighted by Crippen LogP contribution is -2.19. The Morgan fingerprint density at radius 1 is 1.03 bits per heavy atom. The van der Waals surface area contributed by atoms with Crippen LogP contribution in [0.2, 0.25) is 0 Å². The predicted octanol–water partition coefficient (Wildman–Crippen LogP) is 6.67. The molecule has 6 aromatic rings. The summed E-state index contributed by atoms with van der Waals surface area (Å²) in [5.41, 5.74) is 7.69. The minimum Gasteiger partial charge on any atom is -0.338 e. The van der Waals surface area contributed by atoms with Crippen LogP contribution in [0, 0.1) is 5.41 Å². The maximum absolute atomic E-state index is 12.4. The van der Waals surface area contributed by atoms with E-state index >= 15 is 0 Å². The van der Waals surface area contributed by atoms with Crippen LogP contribution in [0.3, 0.4) is 0 Å². The summed E-state index contributed by atoms with van der Waals surface area (Å²) in [5, 5.41) is 16.8. The number of fused-ring (bicyclic) bond motifs is 2. The van der Waals surface area contributed by atoms with E-state index in [1.54, 1.807) is 29.9 Å². The number of aromatic nitrogens is 6. The van der Waals surface area contributed by atoms with E-state index in [0.29, 0.717) is 12.1 Å². The summed E-state index contributed by atoms with van der Waals surface area (Å²) in [7, 11) is 0. The van der Waals surface area contributed by atoms with Crippen LogP contribution in [-0.4, -0.2) is 36.0 Å². The topological polar surface area (TPSA) is 112 Å². The number of carbonyl (C=O) groups is 1. The summed E-state index contributed by atoms with van der Waals surface area (Å²) in [6, 6.07) is 10.1. The second-order valence-electron chi connectivity index (χ2n) is 10.3. The number of nitrogens with zero attached hydrogens (tertiary/aromatic N) is 4. The molecule has 6 rings (SSSR count). The Bertz CT molecular complexity index is 1740. The molecule has 6 heterocycles. The molecule has 0 saturated heterocycles. The highest BCUT2D eigenvalue weighted by molar-refractivity contribution is 7.08. The van der Waals surface area contributed by atoms with Crippen molar-refractivity contribution in [3.63, 3.8) is 0 Å². The number of amides is 1. The number of hydrogen-bond acceptors (Lipinski definition) is 6. The van der Waals surface area contributed by atoms with E-state index in [2.05, 4.69) is 58.3 Å². The lowest BCUT2D eigenvalue weighted by molar-refractivity contribution is -0.117. The van der Waals surface area contributed by atoms with Gasteiger partial charge in [-0.3, -0.25) is 19.9 Å². The van der Waals surface area contributed by atoms with E-state index in [1.807, 2.05) is 45.2 Å². The monoisotopic (exact) mass is 507 g/mol. The first-order chi connectivity index (χ1) is 17.8. The van der Waals surface area contributed by atoms with Gasteiger partial charge in [-0.15, -0.1) is 0 Å². The van der Waals surface area contributed by atoms with E-state index in [9.17, 15) is 4.79 Å². The molecule has 0 unspecified atom stereocenters. The van der Waals surface area contributed by atoms with Crippen molar-refractivity contribution in [2.45, 2.75) is 27.2 Å². The Hall–Kier alpha value is -4.37. The lowest BCUT2D eigenvalue weighted by atomic mass is 9.92. The first kappa shape index (κ1) is 23.1. The molecule has 0 aliphatic heterocycles. The normalized spacial score (nSPS) is 11.9. The minimum absolute atomic E-state index is 0.0405. The van der Waals surface area contributed by atoms with Crippen molar-refractivity contribution < 1.29 is 4.79 Å². The molecule has 8 nitrogen and oxygen atoms in total. The maximum atomic E-state index is 12.4. The van der Waals surface area contributed by atoms with Gasteiger partial charge in [-0.1, -0.05) is 20.8 Å². The van der Waals surface area contributed by atoms with Gasteiger partial charge in [-0.25, -0.2) is 4.98 Å². The summed E-state index contributed by atoms with van der Waals surface area (Å²) < 4.78 is 0. The molecule has 0 radical (unpaired) electrons. The highest BCUT2D eigenvalue weighted by Gasteiger charge is 2.18. The van der Waals surface area contributed by atoms with Crippen molar-refractivity contribution in [2.24, 2.45) is 5.41 Å². The Labute approximate surface area is 217 Å². The summed E-state index contributed by atoms with van der Waals surface area (Å²) in [6.07, 6.45) is 7.40. The highest BCUT2D eigenvalue weighted by Crippen LogP contribution is 2.34. The van der Waals surface area contributed by atoms with Crippen LogP contribution in [0.1, 0.15) is 27.2 Å². The fourth-order valence-electron chi connectivity index (χ4n) is 4.44. The standard InChI is InChI=1S/C28H25N7OS/c1-28(2,3)11-25(36)32-18-8-17(12-29-13-18)22-10-21-24(14-31-22)34-35-26(21)23-9-20-19(16-5-7-37-15-16)4-6-30-27(20)33-23/h4-10,12-15H,11H2,1-3H3,(H,30,33)(H,32,36)(H,34,35). The predicted molar refractivity (Wildman–Crippen MR) is 148 cm³/mol. The van der Waals surface area contributed by atoms with Gasteiger partial charge in [0.15, 0.2) is 0 Å². The van der Waals surface area contributed by atoms with Gasteiger partial charge in [-0.05, 0) is 57.6 Å². The van der Waals surface area contributed by atoms with Crippen molar-refractivity contribution in [3.8, 4) is 33.8 Å². The first-order valence-corrected chi connectivity index (χ1v) is 12.9. The highest BCUT2D eigenvalue weighted by atomic mass is 32.1. The number of rotatable bonds is 5. The number of aromatic amines is 2. The van der Waals surface area contributed by atoms with Crippen molar-refractivity contribution >= 4 is 44.9 Å². The minimum atomic E-state index is -0.0952. The first-order valence-electron chi connectivity index (χ1n) is 11.9. The van der Waals surface area contributed by atoms with Crippen molar-refractivity contribution in [3.05, 3.63) is 65.9 Å². The van der Waals surface area contributed by atoms with Crippen LogP contribution in [0.15, 0.2) is 65.9 Å².